The molecule has 1 amide bonds. The highest BCUT2D eigenvalue weighted by Gasteiger charge is 2.44. The van der Waals surface area contributed by atoms with Crippen LogP contribution >= 0.6 is 0 Å². The predicted molar refractivity (Wildman–Crippen MR) is 396 cm³/mol. The third kappa shape index (κ3) is 57.3. The Hall–Kier alpha value is -4.19. The number of aliphatic hydroxyl groups is 5. The van der Waals surface area contributed by atoms with Crippen molar-refractivity contribution in [3.05, 3.63) is 158 Å². The van der Waals surface area contributed by atoms with Gasteiger partial charge in [-0.3, -0.25) is 4.79 Å². The van der Waals surface area contributed by atoms with E-state index in [2.05, 4.69) is 165 Å². The molecule has 0 bridgehead atoms. The second-order valence-corrected chi connectivity index (χ2v) is 25.3. The van der Waals surface area contributed by atoms with Crippen molar-refractivity contribution in [1.29, 1.82) is 0 Å². The van der Waals surface area contributed by atoms with Crippen LogP contribution in [0.3, 0.4) is 0 Å². The first-order valence-corrected chi connectivity index (χ1v) is 37.7. The number of amides is 1. The summed E-state index contributed by atoms with van der Waals surface area (Å²) in [4.78, 5) is 13.1. The van der Waals surface area contributed by atoms with Gasteiger partial charge in [-0.2, -0.15) is 0 Å². The third-order valence-corrected chi connectivity index (χ3v) is 16.8. The van der Waals surface area contributed by atoms with E-state index >= 15 is 0 Å². The lowest BCUT2D eigenvalue weighted by molar-refractivity contribution is -0.302. The predicted octanol–water partition coefficient (Wildman–Crippen LogP) is 21.5. The minimum Gasteiger partial charge on any atom is -0.394 e. The van der Waals surface area contributed by atoms with Crippen molar-refractivity contribution in [3.63, 3.8) is 0 Å². The minimum absolute atomic E-state index is 0.210. The van der Waals surface area contributed by atoms with Gasteiger partial charge in [-0.05, 0) is 122 Å². The molecular weight excluding hydrogens is 1140 g/mol. The van der Waals surface area contributed by atoms with Gasteiger partial charge in [0.05, 0.1) is 25.4 Å². The molecule has 9 heteroatoms. The highest BCUT2D eigenvalue weighted by atomic mass is 16.7. The number of hydrogen-bond acceptors (Lipinski definition) is 8. The second kappa shape index (κ2) is 69.6. The topological polar surface area (TPSA) is 149 Å². The summed E-state index contributed by atoms with van der Waals surface area (Å²) in [5.41, 5.74) is 0. The van der Waals surface area contributed by atoms with Gasteiger partial charge in [0.1, 0.15) is 24.4 Å². The summed E-state index contributed by atoms with van der Waals surface area (Å²) in [5.74, 6) is -0.210. The Balaban J connectivity index is 2.19. The molecule has 0 aromatic carbocycles. The number of carbonyl (C=O) groups is 1. The lowest BCUT2D eigenvalue weighted by Gasteiger charge is -2.40. The van der Waals surface area contributed by atoms with Crippen LogP contribution in [0.15, 0.2) is 158 Å². The van der Waals surface area contributed by atoms with Gasteiger partial charge in [-0.15, -0.1) is 0 Å². The lowest BCUT2D eigenvalue weighted by atomic mass is 9.99. The van der Waals surface area contributed by atoms with Crippen molar-refractivity contribution < 1.29 is 39.8 Å². The summed E-state index contributed by atoms with van der Waals surface area (Å²) >= 11 is 0. The summed E-state index contributed by atoms with van der Waals surface area (Å²) in [6.45, 7) is 3.65. The number of aliphatic hydroxyl groups excluding tert-OH is 5. The molecule has 0 spiro atoms. The molecule has 1 saturated heterocycles. The molecule has 0 aromatic heterocycles. The fraction of sp³-hybridized carbons (Fsp3) is 0.675. The first kappa shape index (κ1) is 85.8. The number of allylic oxidation sites excluding steroid dienone is 25. The Bertz CT molecular complexity index is 2020. The number of hydrogen-bond donors (Lipinski definition) is 6. The summed E-state index contributed by atoms with van der Waals surface area (Å²) < 4.78 is 11.3. The van der Waals surface area contributed by atoms with Gasteiger partial charge < -0.3 is 40.3 Å². The molecule has 0 aliphatic carbocycles. The summed E-state index contributed by atoms with van der Waals surface area (Å²) in [6.07, 6.45) is 102. The zero-order valence-electron chi connectivity index (χ0n) is 58.7. The van der Waals surface area contributed by atoms with Crippen LogP contribution in [0.5, 0.6) is 0 Å². The lowest BCUT2D eigenvalue weighted by Crippen LogP contribution is -2.60. The molecule has 1 fully saturated rings. The SMILES string of the molecule is CC/C=C\C/C=C\C/C=C\C/C=C\C/C=C\C/C=C\C/C=C\C/C=C\C/C=C\C/C=C\CCCCCCCCC(=O)NC(COC1OC(CO)C(O)C(O)C1O)C(O)/C=C/CC/C=C/CC/C=C/CCCCCCCCCCCCCCCCCCCCCCCC. The van der Waals surface area contributed by atoms with E-state index in [-0.39, 0.29) is 12.5 Å². The average Bonchev–Trinajstić information content (AvgIpc) is 1.00. The number of ether oxygens (including phenoxy) is 2. The Kier molecular flexibility index (Phi) is 65.0. The van der Waals surface area contributed by atoms with Gasteiger partial charge in [-0.1, -0.05) is 332 Å². The van der Waals surface area contributed by atoms with Gasteiger partial charge in [-0.25, -0.2) is 0 Å². The summed E-state index contributed by atoms with van der Waals surface area (Å²) in [5, 5.41) is 54.8. The van der Waals surface area contributed by atoms with Crippen LogP contribution in [0.2, 0.25) is 0 Å². The standard InChI is InChI=1S/C83H139NO8/c1-3-5-7-9-11-13-15-17-19-21-23-25-27-29-31-33-35-37-38-39-40-41-43-45-47-49-51-53-55-57-59-61-63-65-67-69-71-73-79(87)84-76(75-91-83-82(90)81(89)80(88)78(74-85)92-83)77(86)72-70-68-66-64-62-60-58-56-54-52-50-48-46-44-42-36-34-32-30-28-26-24-22-20-18-16-14-12-10-8-6-4-2/h5,7,11,13,17,19,23,25,29,31,35,37,39-40,43,45,49,51,54-57,62,64,70,72,76-78,80-83,85-86,88-90H,3-4,6,8-10,12,14-16,18,20-22,24,26-28,30,32-34,36,38,41-42,44,46-48,50,52-53,58-61,63,65-69,71,73-75H2,1-2H3,(H,84,87)/b7-5-,13-11-,19-17-,25-23-,31-29-,37-35-,40-39-,45-43-,51-49-,56-54+,57-55-,64-62+,72-70+. The third-order valence-electron chi connectivity index (χ3n) is 16.8. The fourth-order valence-corrected chi connectivity index (χ4v) is 11.0. The van der Waals surface area contributed by atoms with Crippen molar-refractivity contribution in [3.8, 4) is 0 Å². The van der Waals surface area contributed by atoms with E-state index in [4.69, 9.17) is 9.47 Å². The van der Waals surface area contributed by atoms with Gasteiger partial charge in [0.25, 0.3) is 0 Å². The molecule has 0 radical (unpaired) electrons. The van der Waals surface area contributed by atoms with E-state index in [0.717, 1.165) is 141 Å². The fourth-order valence-electron chi connectivity index (χ4n) is 11.0. The molecule has 1 aliphatic rings. The maximum atomic E-state index is 13.1. The van der Waals surface area contributed by atoms with E-state index < -0.39 is 49.5 Å². The van der Waals surface area contributed by atoms with Gasteiger partial charge >= 0.3 is 0 Å². The Morgan fingerprint density at radius 1 is 0.380 bits per heavy atom. The quantitative estimate of drug-likeness (QED) is 0.0261. The molecular formula is C83H139NO8. The molecule has 92 heavy (non-hydrogen) atoms. The Morgan fingerprint density at radius 2 is 0.685 bits per heavy atom. The Morgan fingerprint density at radius 3 is 1.04 bits per heavy atom. The maximum absolute atomic E-state index is 13.1. The minimum atomic E-state index is -1.59. The normalized spacial score (nSPS) is 18.6. The van der Waals surface area contributed by atoms with E-state index in [1.54, 1.807) is 6.08 Å². The van der Waals surface area contributed by atoms with Crippen LogP contribution < -0.4 is 5.32 Å². The van der Waals surface area contributed by atoms with Gasteiger partial charge in [0.15, 0.2) is 6.29 Å². The van der Waals surface area contributed by atoms with Crippen LogP contribution in [0.4, 0.5) is 0 Å². The van der Waals surface area contributed by atoms with Crippen molar-refractivity contribution in [2.45, 2.75) is 346 Å². The summed E-state index contributed by atoms with van der Waals surface area (Å²) in [7, 11) is 0. The largest absolute Gasteiger partial charge is 0.394 e. The van der Waals surface area contributed by atoms with Crippen LogP contribution in [0.1, 0.15) is 303 Å². The maximum Gasteiger partial charge on any atom is 0.220 e. The van der Waals surface area contributed by atoms with Crippen molar-refractivity contribution in [2.75, 3.05) is 13.2 Å². The molecule has 9 nitrogen and oxygen atoms in total. The van der Waals surface area contributed by atoms with E-state index in [1.165, 1.54) is 141 Å². The summed E-state index contributed by atoms with van der Waals surface area (Å²) in [6, 6.07) is -0.851. The van der Waals surface area contributed by atoms with Crippen molar-refractivity contribution >= 4 is 5.91 Å². The van der Waals surface area contributed by atoms with Crippen LogP contribution in [0, 0.1) is 0 Å². The molecule has 524 valence electrons. The smallest absolute Gasteiger partial charge is 0.220 e. The Labute approximate surface area is 565 Å². The van der Waals surface area contributed by atoms with Gasteiger partial charge in [0, 0.05) is 6.42 Å². The van der Waals surface area contributed by atoms with E-state index in [9.17, 15) is 30.3 Å². The van der Waals surface area contributed by atoms with Crippen molar-refractivity contribution in [2.24, 2.45) is 0 Å². The first-order valence-electron chi connectivity index (χ1n) is 37.7. The number of carbonyl (C=O) groups excluding carboxylic acids is 1. The van der Waals surface area contributed by atoms with E-state index in [1.807, 2.05) is 6.08 Å². The number of unbranched alkanes of at least 4 members (excludes halogenated alkanes) is 30. The molecule has 7 unspecified atom stereocenters. The highest BCUT2D eigenvalue weighted by Crippen LogP contribution is 2.23. The molecule has 1 heterocycles. The first-order chi connectivity index (χ1) is 45.3. The molecule has 1 aliphatic heterocycles. The molecule has 0 aromatic rings. The van der Waals surface area contributed by atoms with Crippen LogP contribution in [-0.2, 0) is 14.3 Å². The van der Waals surface area contributed by atoms with Crippen LogP contribution in [0.25, 0.3) is 0 Å². The number of nitrogens with one attached hydrogen (secondary N) is 1. The van der Waals surface area contributed by atoms with Crippen LogP contribution in [-0.4, -0.2) is 87.5 Å². The monoisotopic (exact) mass is 1280 g/mol. The van der Waals surface area contributed by atoms with Crippen molar-refractivity contribution in [1.82, 2.24) is 5.32 Å². The molecule has 1 rings (SSSR count). The van der Waals surface area contributed by atoms with Gasteiger partial charge in [0.2, 0.25) is 5.91 Å². The molecule has 6 N–H and O–H groups in total. The number of rotatable bonds is 64. The second-order valence-electron chi connectivity index (χ2n) is 25.3. The zero-order valence-corrected chi connectivity index (χ0v) is 58.7. The van der Waals surface area contributed by atoms with E-state index in [0.29, 0.717) is 6.42 Å². The zero-order chi connectivity index (χ0) is 66.4. The highest BCUT2D eigenvalue weighted by molar-refractivity contribution is 5.76. The molecule has 7 atom stereocenters. The molecule has 0 saturated carbocycles. The average molecular weight is 1280 g/mol.